The Morgan fingerprint density at radius 2 is 2.00 bits per heavy atom. The third kappa shape index (κ3) is 3.18. The maximum absolute atomic E-state index is 14.2. The second-order valence-electron chi connectivity index (χ2n) is 4.95. The predicted molar refractivity (Wildman–Crippen MR) is 83.2 cm³/mol. The van der Waals surface area contributed by atoms with Crippen LogP contribution in [0.3, 0.4) is 0 Å². The number of halogens is 1. The quantitative estimate of drug-likeness (QED) is 0.740. The van der Waals surface area contributed by atoms with Gasteiger partial charge in [0.15, 0.2) is 0 Å². The molecule has 0 unspecified atom stereocenters. The minimum atomic E-state index is -3.56. The van der Waals surface area contributed by atoms with Crippen LogP contribution in [0.15, 0.2) is 47.9 Å². The van der Waals surface area contributed by atoms with Gasteiger partial charge < -0.3 is 4.57 Å². The van der Waals surface area contributed by atoms with E-state index in [0.717, 1.165) is 12.3 Å². The predicted octanol–water partition coefficient (Wildman–Crippen LogP) is 1.39. The fourth-order valence-corrected chi connectivity index (χ4v) is 2.46. The molecule has 3 rings (SSSR count). The van der Waals surface area contributed by atoms with Crippen LogP contribution in [-0.2, 0) is 9.84 Å². The molecule has 0 aliphatic rings. The van der Waals surface area contributed by atoms with Crippen LogP contribution in [-0.4, -0.2) is 40.3 Å². The molecular formula is C14H12FN5O3S. The summed E-state index contributed by atoms with van der Waals surface area (Å²) < 4.78 is 38.3. The van der Waals surface area contributed by atoms with Gasteiger partial charge in [-0.15, -0.1) is 5.10 Å². The average molecular weight is 349 g/mol. The minimum absolute atomic E-state index is 0.0501. The zero-order valence-corrected chi connectivity index (χ0v) is 13.2. The van der Waals surface area contributed by atoms with Crippen molar-refractivity contribution in [1.29, 1.82) is 0 Å². The Morgan fingerprint density at radius 1 is 1.29 bits per heavy atom. The summed E-state index contributed by atoms with van der Waals surface area (Å²) in [4.78, 5) is 15.7. The van der Waals surface area contributed by atoms with Crippen LogP contribution in [0, 0.1) is 5.82 Å². The second-order valence-corrected chi connectivity index (χ2v) is 6.88. The molecule has 24 heavy (non-hydrogen) atoms. The summed E-state index contributed by atoms with van der Waals surface area (Å²) in [5, 5.41) is 7.72. The number of amides is 1. The maximum atomic E-state index is 14.2. The van der Waals surface area contributed by atoms with Crippen molar-refractivity contribution in [2.75, 3.05) is 11.6 Å². The topological polar surface area (TPSA) is 110 Å². The third-order valence-electron chi connectivity index (χ3n) is 3.13. The number of hydrogen-bond donors (Lipinski definition) is 2. The highest BCUT2D eigenvalue weighted by atomic mass is 32.2. The zero-order chi connectivity index (χ0) is 17.3. The van der Waals surface area contributed by atoms with Crippen molar-refractivity contribution in [3.05, 3.63) is 54.1 Å². The Hall–Kier alpha value is -3.01. The fraction of sp³-hybridized carbons (Fsp3) is 0.0714. The van der Waals surface area contributed by atoms with Crippen LogP contribution in [0.25, 0.3) is 5.69 Å². The Morgan fingerprint density at radius 3 is 2.58 bits per heavy atom. The summed E-state index contributed by atoms with van der Waals surface area (Å²) in [5.41, 5.74) is 0.350. The van der Waals surface area contributed by atoms with Gasteiger partial charge >= 0.3 is 0 Å². The molecule has 0 radical (unpaired) electrons. The molecule has 0 spiro atoms. The SMILES string of the molecule is CS(=O)(=O)c1nc(NC(=O)c2ccc(-n3cccc3)c(F)c2)n[nH]1. The smallest absolute Gasteiger partial charge is 0.258 e. The molecule has 8 nitrogen and oxygen atoms in total. The summed E-state index contributed by atoms with van der Waals surface area (Å²) in [6.07, 6.45) is 4.31. The van der Waals surface area contributed by atoms with Crippen molar-refractivity contribution >= 4 is 21.7 Å². The summed E-state index contributed by atoms with van der Waals surface area (Å²) in [6, 6.07) is 7.49. The van der Waals surface area contributed by atoms with Gasteiger partial charge in [-0.3, -0.25) is 10.1 Å². The van der Waals surface area contributed by atoms with Gasteiger partial charge in [0.25, 0.3) is 5.91 Å². The Labute approximate surface area is 136 Å². The summed E-state index contributed by atoms with van der Waals surface area (Å²) in [7, 11) is -3.56. The molecule has 2 N–H and O–H groups in total. The van der Waals surface area contributed by atoms with Gasteiger partial charge in [0, 0.05) is 24.2 Å². The standard InChI is InChI=1S/C14H12FN5O3S/c1-24(22,23)14-17-13(18-19-14)16-12(21)9-4-5-11(10(15)8-9)20-6-2-3-7-20/h2-8H,1H3,(H2,16,17,18,19,21). The molecule has 0 bridgehead atoms. The van der Waals surface area contributed by atoms with Gasteiger partial charge in [-0.2, -0.15) is 4.98 Å². The number of anilines is 1. The van der Waals surface area contributed by atoms with Crippen LogP contribution < -0.4 is 5.32 Å². The number of benzene rings is 1. The van der Waals surface area contributed by atoms with Crippen molar-refractivity contribution < 1.29 is 17.6 Å². The minimum Gasteiger partial charge on any atom is -0.321 e. The van der Waals surface area contributed by atoms with Crippen molar-refractivity contribution in [3.8, 4) is 5.69 Å². The molecule has 0 saturated carbocycles. The molecule has 1 aromatic carbocycles. The lowest BCUT2D eigenvalue weighted by Crippen LogP contribution is -2.14. The van der Waals surface area contributed by atoms with E-state index in [2.05, 4.69) is 20.5 Å². The van der Waals surface area contributed by atoms with Crippen LogP contribution in [0.4, 0.5) is 10.3 Å². The Bertz CT molecular complexity index is 995. The zero-order valence-electron chi connectivity index (χ0n) is 12.4. The van der Waals surface area contributed by atoms with E-state index < -0.39 is 21.6 Å². The number of sulfone groups is 1. The number of nitrogens with one attached hydrogen (secondary N) is 2. The maximum Gasteiger partial charge on any atom is 0.258 e. The lowest BCUT2D eigenvalue weighted by molar-refractivity contribution is 0.102. The van der Waals surface area contributed by atoms with E-state index in [-0.39, 0.29) is 16.7 Å². The number of aromatic amines is 1. The second kappa shape index (κ2) is 5.89. The fourth-order valence-electron chi connectivity index (χ4n) is 2.00. The van der Waals surface area contributed by atoms with Gasteiger partial charge in [0.2, 0.25) is 20.9 Å². The molecule has 0 aliphatic carbocycles. The molecule has 1 amide bonds. The number of rotatable bonds is 4. The van der Waals surface area contributed by atoms with Crippen LogP contribution >= 0.6 is 0 Å². The van der Waals surface area contributed by atoms with Gasteiger partial charge in [0.1, 0.15) is 5.82 Å². The molecule has 0 fully saturated rings. The van der Waals surface area contributed by atoms with E-state index in [1.807, 2.05) is 0 Å². The van der Waals surface area contributed by atoms with Gasteiger partial charge in [-0.1, -0.05) is 0 Å². The van der Waals surface area contributed by atoms with Gasteiger partial charge in [0.05, 0.1) is 5.69 Å². The molecule has 0 saturated heterocycles. The number of hydrogen-bond acceptors (Lipinski definition) is 5. The lowest BCUT2D eigenvalue weighted by atomic mass is 10.2. The molecule has 2 aromatic heterocycles. The summed E-state index contributed by atoms with van der Waals surface area (Å²) in [5.74, 6) is -1.45. The molecule has 10 heteroatoms. The molecule has 2 heterocycles. The van der Waals surface area contributed by atoms with E-state index >= 15 is 0 Å². The van der Waals surface area contributed by atoms with Crippen molar-refractivity contribution in [3.63, 3.8) is 0 Å². The van der Waals surface area contributed by atoms with Crippen LogP contribution in [0.5, 0.6) is 0 Å². The van der Waals surface area contributed by atoms with Crippen molar-refractivity contribution in [2.24, 2.45) is 0 Å². The van der Waals surface area contributed by atoms with E-state index in [0.29, 0.717) is 5.69 Å². The largest absolute Gasteiger partial charge is 0.321 e. The first-order valence-electron chi connectivity index (χ1n) is 6.71. The highest BCUT2D eigenvalue weighted by molar-refractivity contribution is 7.90. The van der Waals surface area contributed by atoms with E-state index in [1.165, 1.54) is 12.1 Å². The molecule has 3 aromatic rings. The highest BCUT2D eigenvalue weighted by Crippen LogP contribution is 2.16. The number of carbonyl (C=O) groups excluding carboxylic acids is 1. The highest BCUT2D eigenvalue weighted by Gasteiger charge is 2.16. The third-order valence-corrected chi connectivity index (χ3v) is 4.02. The van der Waals surface area contributed by atoms with Gasteiger partial charge in [-0.05, 0) is 30.3 Å². The lowest BCUT2D eigenvalue weighted by Gasteiger charge is -2.07. The first-order valence-corrected chi connectivity index (χ1v) is 8.60. The van der Waals surface area contributed by atoms with E-state index in [4.69, 9.17) is 0 Å². The van der Waals surface area contributed by atoms with Crippen molar-refractivity contribution in [1.82, 2.24) is 19.7 Å². The number of nitrogens with zero attached hydrogens (tertiary/aromatic N) is 3. The average Bonchev–Trinajstić information content (AvgIpc) is 3.17. The number of carbonyl (C=O) groups is 1. The van der Waals surface area contributed by atoms with Crippen molar-refractivity contribution in [2.45, 2.75) is 5.16 Å². The van der Waals surface area contributed by atoms with E-state index in [9.17, 15) is 17.6 Å². The molecule has 0 aliphatic heterocycles. The monoisotopic (exact) mass is 349 g/mol. The van der Waals surface area contributed by atoms with E-state index in [1.54, 1.807) is 29.1 Å². The number of H-pyrrole nitrogens is 1. The first kappa shape index (κ1) is 15.9. The van der Waals surface area contributed by atoms with Gasteiger partial charge in [-0.25, -0.2) is 17.9 Å². The molecular weight excluding hydrogens is 337 g/mol. The Balaban J connectivity index is 1.81. The van der Waals surface area contributed by atoms with Crippen LogP contribution in [0.2, 0.25) is 0 Å². The van der Waals surface area contributed by atoms with Crippen LogP contribution in [0.1, 0.15) is 10.4 Å². The first-order chi connectivity index (χ1) is 11.3. The molecule has 0 atom stereocenters. The summed E-state index contributed by atoms with van der Waals surface area (Å²) in [6.45, 7) is 0. The normalized spacial score (nSPS) is 11.4. The molecule has 124 valence electrons. The Kier molecular flexibility index (Phi) is 3.89. The number of aromatic nitrogens is 4. The summed E-state index contributed by atoms with van der Waals surface area (Å²) >= 11 is 0.